The van der Waals surface area contributed by atoms with Gasteiger partial charge in [-0.05, 0) is 22.0 Å². The highest BCUT2D eigenvalue weighted by atomic mass is 79.9. The zero-order chi connectivity index (χ0) is 10.1. The summed E-state index contributed by atoms with van der Waals surface area (Å²) in [6.07, 6.45) is 1.80. The Balaban J connectivity index is 2.51. The van der Waals surface area contributed by atoms with Crippen LogP contribution in [0.3, 0.4) is 0 Å². The van der Waals surface area contributed by atoms with Gasteiger partial charge in [0.1, 0.15) is 5.69 Å². The maximum atomic E-state index is 5.67. The van der Waals surface area contributed by atoms with Gasteiger partial charge in [0, 0.05) is 23.4 Å². The molecule has 0 radical (unpaired) electrons. The fraction of sp³-hybridized carbons (Fsp3) is 0.222. The fourth-order valence-corrected chi connectivity index (χ4v) is 2.78. The van der Waals surface area contributed by atoms with Crippen molar-refractivity contribution in [2.75, 3.05) is 0 Å². The normalized spacial score (nSPS) is 10.8. The van der Waals surface area contributed by atoms with Crippen molar-refractivity contribution in [3.05, 3.63) is 27.9 Å². The molecule has 14 heavy (non-hydrogen) atoms. The Morgan fingerprint density at radius 1 is 1.64 bits per heavy atom. The topological polar surface area (TPSA) is 43.8 Å². The van der Waals surface area contributed by atoms with Crippen LogP contribution in [0, 0.1) is 0 Å². The second-order valence-electron chi connectivity index (χ2n) is 2.98. The Morgan fingerprint density at radius 2 is 2.43 bits per heavy atom. The molecule has 0 aromatic carbocycles. The van der Waals surface area contributed by atoms with Crippen LogP contribution in [0.2, 0.25) is 0 Å². The van der Waals surface area contributed by atoms with E-state index in [2.05, 4.69) is 27.0 Å². The van der Waals surface area contributed by atoms with E-state index in [1.807, 2.05) is 17.0 Å². The molecule has 2 N–H and O–H groups in total. The maximum Gasteiger partial charge on any atom is 0.103 e. The number of nitrogens with two attached hydrogens (primary N) is 1. The Kier molecular flexibility index (Phi) is 2.71. The average molecular weight is 272 g/mol. The molecular weight excluding hydrogens is 262 g/mol. The van der Waals surface area contributed by atoms with Crippen LogP contribution in [0.25, 0.3) is 10.6 Å². The number of aromatic nitrogens is 2. The predicted octanol–water partition coefficient (Wildman–Crippen LogP) is 2.37. The van der Waals surface area contributed by atoms with E-state index in [4.69, 9.17) is 5.73 Å². The van der Waals surface area contributed by atoms with Crippen LogP contribution in [0.4, 0.5) is 0 Å². The number of halogens is 1. The molecule has 0 unspecified atom stereocenters. The number of hydrogen-bond acceptors (Lipinski definition) is 3. The van der Waals surface area contributed by atoms with E-state index in [9.17, 15) is 0 Å². The third-order valence-corrected chi connectivity index (χ3v) is 3.75. The van der Waals surface area contributed by atoms with E-state index in [-0.39, 0.29) is 0 Å². The lowest BCUT2D eigenvalue weighted by atomic mass is 10.3. The van der Waals surface area contributed by atoms with Crippen LogP contribution in [0.5, 0.6) is 0 Å². The molecule has 0 spiro atoms. The van der Waals surface area contributed by atoms with Gasteiger partial charge in [0.25, 0.3) is 0 Å². The summed E-state index contributed by atoms with van der Waals surface area (Å²) >= 11 is 5.09. The number of hydrogen-bond donors (Lipinski definition) is 1. The van der Waals surface area contributed by atoms with Crippen molar-refractivity contribution in [2.45, 2.75) is 6.54 Å². The monoisotopic (exact) mass is 271 g/mol. The summed E-state index contributed by atoms with van der Waals surface area (Å²) in [4.78, 5) is 5.49. The Morgan fingerprint density at radius 3 is 3.00 bits per heavy atom. The lowest BCUT2D eigenvalue weighted by Crippen LogP contribution is -2.03. The minimum atomic E-state index is 0.515. The molecule has 0 saturated carbocycles. The standard InChI is InChI=1S/C9H10BrN3S/c1-13-5-12-9(7(13)3-11)8-2-6(10)4-14-8/h2,4-5H,3,11H2,1H3. The van der Waals surface area contributed by atoms with Gasteiger partial charge in [0.15, 0.2) is 0 Å². The third-order valence-electron chi connectivity index (χ3n) is 2.05. The minimum absolute atomic E-state index is 0.515. The highest BCUT2D eigenvalue weighted by Crippen LogP contribution is 2.30. The second-order valence-corrected chi connectivity index (χ2v) is 4.81. The summed E-state index contributed by atoms with van der Waals surface area (Å²) in [5.41, 5.74) is 7.73. The van der Waals surface area contributed by atoms with E-state index in [0.717, 1.165) is 20.7 Å². The SMILES string of the molecule is Cn1cnc(-c2cc(Br)cs2)c1CN. The maximum absolute atomic E-state index is 5.67. The van der Waals surface area contributed by atoms with Crippen molar-refractivity contribution in [3.63, 3.8) is 0 Å². The van der Waals surface area contributed by atoms with Crippen molar-refractivity contribution in [1.29, 1.82) is 0 Å². The van der Waals surface area contributed by atoms with Crippen LogP contribution in [-0.2, 0) is 13.6 Å². The van der Waals surface area contributed by atoms with Gasteiger partial charge in [-0.3, -0.25) is 0 Å². The van der Waals surface area contributed by atoms with Crippen LogP contribution >= 0.6 is 27.3 Å². The molecule has 5 heteroatoms. The van der Waals surface area contributed by atoms with Gasteiger partial charge >= 0.3 is 0 Å². The molecule has 0 aliphatic heterocycles. The smallest absolute Gasteiger partial charge is 0.103 e. The number of thiophene rings is 1. The molecule has 3 nitrogen and oxygen atoms in total. The minimum Gasteiger partial charge on any atom is -0.336 e. The highest BCUT2D eigenvalue weighted by molar-refractivity contribution is 9.10. The first kappa shape index (κ1) is 9.89. The summed E-state index contributed by atoms with van der Waals surface area (Å²) in [5.74, 6) is 0. The molecule has 2 rings (SSSR count). The molecule has 0 fully saturated rings. The molecular formula is C9H10BrN3S. The zero-order valence-electron chi connectivity index (χ0n) is 7.70. The first-order valence-corrected chi connectivity index (χ1v) is 5.84. The molecule has 74 valence electrons. The van der Waals surface area contributed by atoms with Gasteiger partial charge in [-0.1, -0.05) is 0 Å². The molecule has 0 saturated heterocycles. The molecule has 2 heterocycles. The lowest BCUT2D eigenvalue weighted by molar-refractivity contribution is 0.822. The van der Waals surface area contributed by atoms with Crippen molar-refractivity contribution < 1.29 is 0 Å². The van der Waals surface area contributed by atoms with E-state index in [1.165, 1.54) is 0 Å². The zero-order valence-corrected chi connectivity index (χ0v) is 10.1. The Labute approximate surface area is 94.7 Å². The largest absolute Gasteiger partial charge is 0.336 e. The van der Waals surface area contributed by atoms with E-state index in [0.29, 0.717) is 6.54 Å². The summed E-state index contributed by atoms with van der Waals surface area (Å²) in [7, 11) is 1.96. The quantitative estimate of drug-likeness (QED) is 0.912. The lowest BCUT2D eigenvalue weighted by Gasteiger charge is -2.00. The molecule has 0 bridgehead atoms. The first-order valence-electron chi connectivity index (χ1n) is 4.17. The van der Waals surface area contributed by atoms with Gasteiger partial charge < -0.3 is 10.3 Å². The van der Waals surface area contributed by atoms with Crippen molar-refractivity contribution in [2.24, 2.45) is 12.8 Å². The van der Waals surface area contributed by atoms with Crippen LogP contribution in [0.15, 0.2) is 22.2 Å². The summed E-state index contributed by atoms with van der Waals surface area (Å²) < 4.78 is 3.05. The fourth-order valence-electron chi connectivity index (χ4n) is 1.34. The number of imidazole rings is 1. The molecule has 0 aliphatic rings. The van der Waals surface area contributed by atoms with Crippen molar-refractivity contribution >= 4 is 27.3 Å². The van der Waals surface area contributed by atoms with Crippen LogP contribution < -0.4 is 5.73 Å². The second kappa shape index (κ2) is 3.84. The number of nitrogens with zero attached hydrogens (tertiary/aromatic N) is 2. The van der Waals surface area contributed by atoms with Gasteiger partial charge in [0.2, 0.25) is 0 Å². The third kappa shape index (κ3) is 1.63. The number of rotatable bonds is 2. The van der Waals surface area contributed by atoms with E-state index >= 15 is 0 Å². The molecule has 2 aromatic heterocycles. The summed E-state index contributed by atoms with van der Waals surface area (Å²) in [5, 5.41) is 2.05. The number of aryl methyl sites for hydroxylation is 1. The molecule has 2 aromatic rings. The van der Waals surface area contributed by atoms with Crippen molar-refractivity contribution in [1.82, 2.24) is 9.55 Å². The van der Waals surface area contributed by atoms with E-state index in [1.54, 1.807) is 17.7 Å². The summed E-state index contributed by atoms with van der Waals surface area (Å²) in [6.45, 7) is 0.515. The molecule has 0 amide bonds. The first-order chi connectivity index (χ1) is 6.72. The van der Waals surface area contributed by atoms with E-state index < -0.39 is 0 Å². The Hall–Kier alpha value is -0.650. The highest BCUT2D eigenvalue weighted by Gasteiger charge is 2.10. The van der Waals surface area contributed by atoms with Gasteiger partial charge in [0.05, 0.1) is 16.9 Å². The predicted molar refractivity (Wildman–Crippen MR) is 62.1 cm³/mol. The Bertz CT molecular complexity index is 447. The van der Waals surface area contributed by atoms with Gasteiger partial charge in [-0.25, -0.2) is 4.98 Å². The molecule has 0 aliphatic carbocycles. The molecule has 0 atom stereocenters. The van der Waals surface area contributed by atoms with Crippen LogP contribution in [0.1, 0.15) is 5.69 Å². The van der Waals surface area contributed by atoms with Gasteiger partial charge in [-0.15, -0.1) is 11.3 Å². The summed E-state index contributed by atoms with van der Waals surface area (Å²) in [6, 6.07) is 2.06. The average Bonchev–Trinajstić information content (AvgIpc) is 2.71. The van der Waals surface area contributed by atoms with Crippen molar-refractivity contribution in [3.8, 4) is 10.6 Å². The van der Waals surface area contributed by atoms with Crippen LogP contribution in [-0.4, -0.2) is 9.55 Å². The van der Waals surface area contributed by atoms with Gasteiger partial charge in [-0.2, -0.15) is 0 Å².